The Morgan fingerprint density at radius 3 is 2.57 bits per heavy atom. The molecule has 0 aromatic heterocycles. The van der Waals surface area contributed by atoms with E-state index in [4.69, 9.17) is 0 Å². The molecule has 0 N–H and O–H groups in total. The van der Waals surface area contributed by atoms with Crippen LogP contribution in [0, 0.1) is 5.82 Å². The van der Waals surface area contributed by atoms with Gasteiger partial charge in [-0.15, -0.1) is 0 Å². The van der Waals surface area contributed by atoms with Crippen molar-refractivity contribution in [1.29, 1.82) is 0 Å². The Bertz CT molecular complexity index is 322. The van der Waals surface area contributed by atoms with Crippen molar-refractivity contribution < 1.29 is 4.39 Å². The van der Waals surface area contributed by atoms with Crippen LogP contribution < -0.4 is 0 Å². The Kier molecular flexibility index (Phi) is 2.55. The number of rotatable bonds is 2. The predicted octanol–water partition coefficient (Wildman–Crippen LogP) is 2.98. The molecule has 2 rings (SSSR count). The van der Waals surface area contributed by atoms with Gasteiger partial charge in [-0.1, -0.05) is 18.2 Å². The van der Waals surface area contributed by atoms with Crippen LogP contribution in [-0.2, 0) is 0 Å². The zero-order chi connectivity index (χ0) is 10.1. The van der Waals surface area contributed by atoms with Gasteiger partial charge < -0.3 is 0 Å². The van der Waals surface area contributed by atoms with Crippen molar-refractivity contribution in [1.82, 2.24) is 4.90 Å². The summed E-state index contributed by atoms with van der Waals surface area (Å²) in [6.45, 7) is 5.41. The van der Waals surface area contributed by atoms with Gasteiger partial charge in [0.1, 0.15) is 5.82 Å². The molecule has 1 aliphatic heterocycles. The summed E-state index contributed by atoms with van der Waals surface area (Å²) >= 11 is 0. The van der Waals surface area contributed by atoms with Crippen LogP contribution in [0.3, 0.4) is 0 Å². The minimum Gasteiger partial charge on any atom is -0.294 e. The predicted molar refractivity (Wildman–Crippen MR) is 55.6 cm³/mol. The van der Waals surface area contributed by atoms with Crippen LogP contribution in [-0.4, -0.2) is 17.5 Å². The van der Waals surface area contributed by atoms with Crippen molar-refractivity contribution in [2.45, 2.75) is 32.4 Å². The number of benzene rings is 1. The molecule has 1 heterocycles. The lowest BCUT2D eigenvalue weighted by Gasteiger charge is -2.44. The van der Waals surface area contributed by atoms with Crippen molar-refractivity contribution in [2.75, 3.05) is 6.54 Å². The molecular formula is C12H16FN. The molecule has 0 amide bonds. The highest BCUT2D eigenvalue weighted by atomic mass is 19.1. The third-order valence-electron chi connectivity index (χ3n) is 2.99. The van der Waals surface area contributed by atoms with Gasteiger partial charge in [0.05, 0.1) is 0 Å². The van der Waals surface area contributed by atoms with E-state index in [1.165, 1.54) is 0 Å². The number of hydrogen-bond acceptors (Lipinski definition) is 1. The first-order valence-electron chi connectivity index (χ1n) is 5.20. The minimum atomic E-state index is -0.0668. The first kappa shape index (κ1) is 9.66. The molecule has 0 radical (unpaired) electrons. The monoisotopic (exact) mass is 193 g/mol. The lowest BCUT2D eigenvalue weighted by molar-refractivity contribution is 0.0536. The van der Waals surface area contributed by atoms with Gasteiger partial charge in [-0.05, 0) is 26.3 Å². The van der Waals surface area contributed by atoms with E-state index < -0.39 is 0 Å². The van der Waals surface area contributed by atoms with Crippen molar-refractivity contribution in [3.63, 3.8) is 0 Å². The van der Waals surface area contributed by atoms with Crippen molar-refractivity contribution in [3.05, 3.63) is 35.6 Å². The number of hydrogen-bond donors (Lipinski definition) is 0. The van der Waals surface area contributed by atoms with E-state index in [9.17, 15) is 4.39 Å². The summed E-state index contributed by atoms with van der Waals surface area (Å²) in [4.78, 5) is 2.33. The topological polar surface area (TPSA) is 3.24 Å². The molecule has 0 bridgehead atoms. The normalized spacial score (nSPS) is 22.4. The van der Waals surface area contributed by atoms with Crippen LogP contribution in [0.15, 0.2) is 24.3 Å². The third-order valence-corrected chi connectivity index (χ3v) is 2.99. The van der Waals surface area contributed by atoms with E-state index >= 15 is 0 Å². The maximum atomic E-state index is 13.5. The molecule has 0 aliphatic carbocycles. The summed E-state index contributed by atoms with van der Waals surface area (Å²) in [5, 5.41) is 0. The van der Waals surface area contributed by atoms with E-state index in [1.54, 1.807) is 12.1 Å². The van der Waals surface area contributed by atoms with Gasteiger partial charge in [-0.3, -0.25) is 4.90 Å². The Morgan fingerprint density at radius 1 is 1.36 bits per heavy atom. The second kappa shape index (κ2) is 3.70. The van der Waals surface area contributed by atoms with Crippen molar-refractivity contribution >= 4 is 0 Å². The molecule has 1 fully saturated rings. The van der Waals surface area contributed by atoms with Crippen molar-refractivity contribution in [2.24, 2.45) is 0 Å². The molecule has 1 aromatic rings. The lowest BCUT2D eigenvalue weighted by atomic mass is 9.93. The Morgan fingerprint density at radius 2 is 2.07 bits per heavy atom. The first-order valence-corrected chi connectivity index (χ1v) is 5.20. The van der Waals surface area contributed by atoms with Gasteiger partial charge in [0.2, 0.25) is 0 Å². The Balaban J connectivity index is 2.20. The largest absolute Gasteiger partial charge is 0.294 e. The average Bonchev–Trinajstić information content (AvgIpc) is 2.05. The van der Waals surface area contributed by atoms with Gasteiger partial charge in [-0.25, -0.2) is 4.39 Å². The average molecular weight is 193 g/mol. The molecule has 1 aliphatic rings. The van der Waals surface area contributed by atoms with Crippen LogP contribution in [0.5, 0.6) is 0 Å². The van der Waals surface area contributed by atoms with E-state index in [2.05, 4.69) is 18.7 Å². The van der Waals surface area contributed by atoms with Gasteiger partial charge in [0.15, 0.2) is 0 Å². The molecule has 1 unspecified atom stereocenters. The maximum absolute atomic E-state index is 13.5. The summed E-state index contributed by atoms with van der Waals surface area (Å²) < 4.78 is 13.5. The SMILES string of the molecule is CC(C)N1CCC1c1ccccc1F. The summed E-state index contributed by atoms with van der Waals surface area (Å²) in [5.41, 5.74) is 0.854. The standard InChI is InChI=1S/C12H16FN/c1-9(2)14-8-7-12(14)10-5-3-4-6-11(10)13/h3-6,9,12H,7-8H2,1-2H3. The van der Waals surface area contributed by atoms with Crippen LogP contribution >= 0.6 is 0 Å². The van der Waals surface area contributed by atoms with Crippen LogP contribution in [0.4, 0.5) is 4.39 Å². The molecule has 1 saturated heterocycles. The van der Waals surface area contributed by atoms with E-state index in [0.29, 0.717) is 12.1 Å². The van der Waals surface area contributed by atoms with Gasteiger partial charge in [-0.2, -0.15) is 0 Å². The maximum Gasteiger partial charge on any atom is 0.127 e. The van der Waals surface area contributed by atoms with Crippen LogP contribution in [0.2, 0.25) is 0 Å². The highest BCUT2D eigenvalue weighted by molar-refractivity contribution is 5.23. The zero-order valence-corrected chi connectivity index (χ0v) is 8.70. The second-order valence-corrected chi connectivity index (χ2v) is 4.16. The summed E-state index contributed by atoms with van der Waals surface area (Å²) in [6.07, 6.45) is 1.08. The van der Waals surface area contributed by atoms with E-state index in [0.717, 1.165) is 18.5 Å². The van der Waals surface area contributed by atoms with Crippen molar-refractivity contribution in [3.8, 4) is 0 Å². The number of halogens is 1. The zero-order valence-electron chi connectivity index (χ0n) is 8.70. The third kappa shape index (κ3) is 1.55. The summed E-state index contributed by atoms with van der Waals surface area (Å²) in [5.74, 6) is -0.0668. The molecule has 0 saturated carbocycles. The number of likely N-dealkylation sites (tertiary alicyclic amines) is 1. The molecule has 0 spiro atoms. The number of nitrogens with zero attached hydrogens (tertiary/aromatic N) is 1. The minimum absolute atomic E-state index is 0.0668. The quantitative estimate of drug-likeness (QED) is 0.698. The Hall–Kier alpha value is -0.890. The highest BCUT2D eigenvalue weighted by Crippen LogP contribution is 2.35. The Labute approximate surface area is 84.5 Å². The van der Waals surface area contributed by atoms with E-state index in [-0.39, 0.29) is 5.82 Å². The second-order valence-electron chi connectivity index (χ2n) is 4.16. The fourth-order valence-corrected chi connectivity index (χ4v) is 2.10. The smallest absolute Gasteiger partial charge is 0.127 e. The summed E-state index contributed by atoms with van der Waals surface area (Å²) in [7, 11) is 0. The summed E-state index contributed by atoms with van der Waals surface area (Å²) in [6, 6.07) is 7.91. The molecule has 1 aromatic carbocycles. The van der Waals surface area contributed by atoms with Crippen LogP contribution in [0.1, 0.15) is 31.9 Å². The highest BCUT2D eigenvalue weighted by Gasteiger charge is 2.32. The molecule has 14 heavy (non-hydrogen) atoms. The molecule has 2 heteroatoms. The fourth-order valence-electron chi connectivity index (χ4n) is 2.10. The van der Waals surface area contributed by atoms with Gasteiger partial charge >= 0.3 is 0 Å². The van der Waals surface area contributed by atoms with Crippen LogP contribution in [0.25, 0.3) is 0 Å². The first-order chi connectivity index (χ1) is 6.70. The fraction of sp³-hybridized carbons (Fsp3) is 0.500. The molecule has 76 valence electrons. The molecule has 1 nitrogen and oxygen atoms in total. The van der Waals surface area contributed by atoms with Gasteiger partial charge in [0, 0.05) is 24.2 Å². The van der Waals surface area contributed by atoms with E-state index in [1.807, 2.05) is 12.1 Å². The van der Waals surface area contributed by atoms with Gasteiger partial charge in [0.25, 0.3) is 0 Å². The molecule has 1 atom stereocenters. The molecular weight excluding hydrogens is 177 g/mol. The lowest BCUT2D eigenvalue weighted by Crippen LogP contribution is -2.45.